The predicted molar refractivity (Wildman–Crippen MR) is 75.7 cm³/mol. The Bertz CT molecular complexity index is 535. The molecule has 0 radical (unpaired) electrons. The molecule has 0 saturated heterocycles. The molecule has 0 amide bonds. The molecule has 0 saturated carbocycles. The fourth-order valence-corrected chi connectivity index (χ4v) is 2.93. The van der Waals surface area contributed by atoms with Crippen molar-refractivity contribution in [2.75, 3.05) is 27.4 Å². The second-order valence-corrected chi connectivity index (χ2v) is 6.27. The highest BCUT2D eigenvalue weighted by molar-refractivity contribution is 7.89. The van der Waals surface area contributed by atoms with Gasteiger partial charge in [-0.3, -0.25) is 0 Å². The lowest BCUT2D eigenvalue weighted by atomic mass is 10.3. The molecule has 2 N–H and O–H groups in total. The number of aliphatic hydroxyl groups excluding tert-OH is 1. The van der Waals surface area contributed by atoms with Gasteiger partial charge in [-0.2, -0.15) is 0 Å². The van der Waals surface area contributed by atoms with Crippen molar-refractivity contribution in [1.29, 1.82) is 0 Å². The van der Waals surface area contributed by atoms with Crippen molar-refractivity contribution in [3.05, 3.63) is 23.2 Å². The Morgan fingerprint density at radius 1 is 1.40 bits per heavy atom. The van der Waals surface area contributed by atoms with Gasteiger partial charge in [-0.25, -0.2) is 13.1 Å². The van der Waals surface area contributed by atoms with E-state index in [1.807, 2.05) is 0 Å². The van der Waals surface area contributed by atoms with Crippen LogP contribution in [0.25, 0.3) is 0 Å². The minimum absolute atomic E-state index is 0.0459. The van der Waals surface area contributed by atoms with Gasteiger partial charge in [0.1, 0.15) is 5.75 Å². The maximum absolute atomic E-state index is 12.0. The highest BCUT2D eigenvalue weighted by Gasteiger charge is 2.16. The molecule has 0 heterocycles. The first-order chi connectivity index (χ1) is 9.40. The molecule has 1 aromatic carbocycles. The molecule has 0 spiro atoms. The molecule has 1 atom stereocenters. The zero-order valence-corrected chi connectivity index (χ0v) is 12.9. The fraction of sp³-hybridized carbons (Fsp3) is 0.500. The first-order valence-corrected chi connectivity index (χ1v) is 7.77. The summed E-state index contributed by atoms with van der Waals surface area (Å²) >= 11 is 5.89. The van der Waals surface area contributed by atoms with E-state index in [2.05, 4.69) is 4.72 Å². The van der Waals surface area contributed by atoms with Crippen LogP contribution in [0.3, 0.4) is 0 Å². The van der Waals surface area contributed by atoms with Crippen LogP contribution in [0.4, 0.5) is 0 Å². The summed E-state index contributed by atoms with van der Waals surface area (Å²) in [6.45, 7) is 0.270. The van der Waals surface area contributed by atoms with Crippen LogP contribution < -0.4 is 9.46 Å². The lowest BCUT2D eigenvalue weighted by Gasteiger charge is -2.11. The quantitative estimate of drug-likeness (QED) is 0.746. The third-order valence-electron chi connectivity index (χ3n) is 2.56. The van der Waals surface area contributed by atoms with Gasteiger partial charge in [0.15, 0.2) is 0 Å². The van der Waals surface area contributed by atoms with E-state index >= 15 is 0 Å². The molecule has 0 aromatic heterocycles. The Balaban J connectivity index is 2.67. The van der Waals surface area contributed by atoms with E-state index in [9.17, 15) is 13.5 Å². The summed E-state index contributed by atoms with van der Waals surface area (Å²) in [7, 11) is -0.746. The van der Waals surface area contributed by atoms with Gasteiger partial charge in [0.05, 0.1) is 29.7 Å². The molecular weight excluding hydrogens is 306 g/mol. The minimum atomic E-state index is -3.66. The molecule has 0 aliphatic heterocycles. The average Bonchev–Trinajstić information content (AvgIpc) is 2.38. The lowest BCUT2D eigenvalue weighted by Crippen LogP contribution is -2.28. The second kappa shape index (κ2) is 7.80. The minimum Gasteiger partial charge on any atom is -0.495 e. The first-order valence-electron chi connectivity index (χ1n) is 5.91. The van der Waals surface area contributed by atoms with E-state index in [1.165, 1.54) is 32.4 Å². The Morgan fingerprint density at radius 3 is 2.65 bits per heavy atom. The summed E-state index contributed by atoms with van der Waals surface area (Å²) in [6.07, 6.45) is -0.445. The third kappa shape index (κ3) is 4.92. The molecule has 1 rings (SSSR count). The monoisotopic (exact) mass is 323 g/mol. The summed E-state index contributed by atoms with van der Waals surface area (Å²) < 4.78 is 36.1. The van der Waals surface area contributed by atoms with Crippen LogP contribution in [-0.2, 0) is 14.8 Å². The maximum atomic E-state index is 12.0. The normalized spacial score (nSPS) is 13.2. The van der Waals surface area contributed by atoms with Crippen LogP contribution in [0, 0.1) is 0 Å². The number of rotatable bonds is 8. The Hall–Kier alpha value is -0.860. The number of halogens is 1. The van der Waals surface area contributed by atoms with Crippen molar-refractivity contribution >= 4 is 21.6 Å². The molecule has 0 aliphatic carbocycles. The third-order valence-corrected chi connectivity index (χ3v) is 4.32. The van der Waals surface area contributed by atoms with Gasteiger partial charge in [-0.1, -0.05) is 11.6 Å². The van der Waals surface area contributed by atoms with Gasteiger partial charge < -0.3 is 14.6 Å². The second-order valence-electron chi connectivity index (χ2n) is 4.09. The number of nitrogens with one attached hydrogen (secondary N) is 1. The molecule has 0 fully saturated rings. The molecular formula is C12H18ClNO5S. The van der Waals surface area contributed by atoms with Gasteiger partial charge in [0.2, 0.25) is 10.0 Å². The molecule has 1 unspecified atom stereocenters. The van der Waals surface area contributed by atoms with E-state index < -0.39 is 16.1 Å². The van der Waals surface area contributed by atoms with Crippen molar-refractivity contribution < 1.29 is 23.0 Å². The predicted octanol–water partition coefficient (Wildman–Crippen LogP) is 1.02. The fourth-order valence-electron chi connectivity index (χ4n) is 1.53. The zero-order valence-electron chi connectivity index (χ0n) is 11.3. The zero-order chi connectivity index (χ0) is 15.2. The summed E-state index contributed by atoms with van der Waals surface area (Å²) in [6, 6.07) is 4.20. The summed E-state index contributed by atoms with van der Waals surface area (Å²) in [5.41, 5.74) is 0. The molecule has 0 bridgehead atoms. The Morgan fingerprint density at radius 2 is 2.10 bits per heavy atom. The SMILES string of the molecule is COCC(O)CCNS(=O)(=O)c1ccc(OC)c(Cl)c1. The van der Waals surface area contributed by atoms with E-state index in [0.29, 0.717) is 5.75 Å². The van der Waals surface area contributed by atoms with Gasteiger partial charge in [0.25, 0.3) is 0 Å². The maximum Gasteiger partial charge on any atom is 0.240 e. The van der Waals surface area contributed by atoms with Crippen LogP contribution in [0.2, 0.25) is 5.02 Å². The van der Waals surface area contributed by atoms with Crippen LogP contribution >= 0.6 is 11.6 Å². The molecule has 20 heavy (non-hydrogen) atoms. The van der Waals surface area contributed by atoms with Gasteiger partial charge in [-0.05, 0) is 24.6 Å². The van der Waals surface area contributed by atoms with Crippen LogP contribution in [0.1, 0.15) is 6.42 Å². The smallest absolute Gasteiger partial charge is 0.240 e. The van der Waals surface area contributed by atoms with Crippen molar-refractivity contribution in [2.24, 2.45) is 0 Å². The van der Waals surface area contributed by atoms with Gasteiger partial charge in [0, 0.05) is 13.7 Å². The highest BCUT2D eigenvalue weighted by atomic mass is 35.5. The van der Waals surface area contributed by atoms with Gasteiger partial charge in [-0.15, -0.1) is 0 Å². The van der Waals surface area contributed by atoms with E-state index in [1.54, 1.807) is 0 Å². The standard InChI is InChI=1S/C12H18ClNO5S/c1-18-8-9(15)5-6-14-20(16,17)10-3-4-12(19-2)11(13)7-10/h3-4,7,9,14-15H,5-6,8H2,1-2H3. The van der Waals surface area contributed by atoms with Crippen LogP contribution in [0.5, 0.6) is 5.75 Å². The molecule has 8 heteroatoms. The van der Waals surface area contributed by atoms with E-state index in [4.69, 9.17) is 21.1 Å². The average molecular weight is 324 g/mol. The van der Waals surface area contributed by atoms with Crippen molar-refractivity contribution in [2.45, 2.75) is 17.4 Å². The van der Waals surface area contributed by atoms with Crippen LogP contribution in [-0.4, -0.2) is 47.0 Å². The summed E-state index contributed by atoms with van der Waals surface area (Å²) in [4.78, 5) is 0.0459. The number of aliphatic hydroxyl groups is 1. The topological polar surface area (TPSA) is 84.9 Å². The molecule has 114 valence electrons. The van der Waals surface area contributed by atoms with E-state index in [-0.39, 0.29) is 29.5 Å². The number of hydrogen-bond donors (Lipinski definition) is 2. The van der Waals surface area contributed by atoms with Crippen molar-refractivity contribution in [3.63, 3.8) is 0 Å². The van der Waals surface area contributed by atoms with E-state index in [0.717, 1.165) is 0 Å². The first kappa shape index (κ1) is 17.2. The van der Waals surface area contributed by atoms with Crippen LogP contribution in [0.15, 0.2) is 23.1 Å². The lowest BCUT2D eigenvalue weighted by molar-refractivity contribution is 0.0603. The number of ether oxygens (including phenoxy) is 2. The Kier molecular flexibility index (Phi) is 6.70. The largest absolute Gasteiger partial charge is 0.495 e. The van der Waals surface area contributed by atoms with Crippen molar-refractivity contribution in [3.8, 4) is 5.75 Å². The van der Waals surface area contributed by atoms with Crippen molar-refractivity contribution in [1.82, 2.24) is 4.72 Å². The van der Waals surface area contributed by atoms with Gasteiger partial charge >= 0.3 is 0 Å². The Labute approximate surface area is 123 Å². The number of hydrogen-bond acceptors (Lipinski definition) is 5. The summed E-state index contributed by atoms with van der Waals surface area (Å²) in [5.74, 6) is 0.404. The number of sulfonamides is 1. The molecule has 6 nitrogen and oxygen atoms in total. The molecule has 1 aromatic rings. The summed E-state index contributed by atoms with van der Waals surface area (Å²) in [5, 5.41) is 9.65. The highest BCUT2D eigenvalue weighted by Crippen LogP contribution is 2.26. The number of methoxy groups -OCH3 is 2. The molecule has 0 aliphatic rings. The number of benzene rings is 1.